The van der Waals surface area contributed by atoms with Gasteiger partial charge in [0.15, 0.2) is 5.78 Å². The summed E-state index contributed by atoms with van der Waals surface area (Å²) in [6, 6.07) is 13.6. The summed E-state index contributed by atoms with van der Waals surface area (Å²) in [6.45, 7) is 16.8. The van der Waals surface area contributed by atoms with Crippen LogP contribution >= 0.6 is 0 Å². The Bertz CT molecular complexity index is 1490. The summed E-state index contributed by atoms with van der Waals surface area (Å²) < 4.78 is 15.1. The van der Waals surface area contributed by atoms with Crippen LogP contribution in [0.1, 0.15) is 152 Å². The van der Waals surface area contributed by atoms with E-state index in [-0.39, 0.29) is 35.9 Å². The van der Waals surface area contributed by atoms with Gasteiger partial charge in [-0.2, -0.15) is 0 Å². The number of aliphatic hydroxyl groups excluding tert-OH is 1. The number of rotatable bonds is 5. The molecule has 294 valence electrons. The number of hydrogen-bond donors (Lipinski definition) is 3. The average molecular weight is 733 g/mol. The molecular weight excluding hydrogens is 664 g/mol. The fourth-order valence-corrected chi connectivity index (χ4v) is 11.6. The van der Waals surface area contributed by atoms with Gasteiger partial charge in [-0.15, -0.1) is 6.58 Å². The van der Waals surface area contributed by atoms with E-state index < -0.39 is 0 Å². The van der Waals surface area contributed by atoms with E-state index in [4.69, 9.17) is 9.59 Å². The Kier molecular flexibility index (Phi) is 16.1. The van der Waals surface area contributed by atoms with Crippen molar-refractivity contribution in [3.05, 3.63) is 83.2 Å². The molecule has 4 saturated carbocycles. The number of amides is 2. The summed E-state index contributed by atoms with van der Waals surface area (Å²) in [7, 11) is 0. The second-order valence-corrected chi connectivity index (χ2v) is 17.6. The maximum Gasteiger partial charge on any atom is 0.204 e. The predicted octanol–water partition coefficient (Wildman–Crippen LogP) is 9.92. The fraction of sp³-hybridized carbons (Fsp3) is 0.630. The molecule has 2 amide bonds. The van der Waals surface area contributed by atoms with E-state index in [1.54, 1.807) is 19.1 Å². The van der Waals surface area contributed by atoms with Crippen LogP contribution < -0.4 is 11.5 Å². The first kappa shape index (κ1) is 44.1. The highest BCUT2D eigenvalue weighted by Gasteiger charge is 2.60. The summed E-state index contributed by atoms with van der Waals surface area (Å²) in [5.74, 6) is 2.05. The van der Waals surface area contributed by atoms with Crippen molar-refractivity contribution in [3.63, 3.8) is 0 Å². The minimum Gasteiger partial charge on any atom is -0.393 e. The molecule has 6 nitrogen and oxygen atoms in total. The first-order valence-corrected chi connectivity index (χ1v) is 20.0. The molecule has 0 spiro atoms. The molecule has 0 aromatic heterocycles. The van der Waals surface area contributed by atoms with E-state index >= 15 is 4.39 Å². The molecule has 6 rings (SSSR count). The third-order valence-corrected chi connectivity index (χ3v) is 14.1. The number of Topliss-reactive ketones (excluding diaryl/α,β-unsaturated/α-hetero) is 1. The van der Waals surface area contributed by atoms with Crippen molar-refractivity contribution in [1.29, 1.82) is 0 Å². The summed E-state index contributed by atoms with van der Waals surface area (Å²) in [4.78, 5) is 28.9. The van der Waals surface area contributed by atoms with Crippen LogP contribution in [0.25, 0.3) is 0 Å². The number of benzene rings is 2. The van der Waals surface area contributed by atoms with Gasteiger partial charge in [0.25, 0.3) is 0 Å². The minimum atomic E-state index is -0.164. The normalized spacial score (nSPS) is 31.4. The van der Waals surface area contributed by atoms with Crippen molar-refractivity contribution >= 4 is 18.6 Å². The Morgan fingerprint density at radius 1 is 0.830 bits per heavy atom. The molecule has 4 aliphatic rings. The molecule has 5 N–H and O–H groups in total. The largest absolute Gasteiger partial charge is 0.393 e. The molecule has 4 fully saturated rings. The molecule has 0 bridgehead atoms. The van der Waals surface area contributed by atoms with E-state index in [0.717, 1.165) is 35.8 Å². The number of ketones is 1. The monoisotopic (exact) mass is 733 g/mol. The number of aliphatic hydroxyl groups is 1. The van der Waals surface area contributed by atoms with Gasteiger partial charge in [0.1, 0.15) is 5.82 Å². The van der Waals surface area contributed by atoms with Crippen LogP contribution in [0, 0.1) is 45.2 Å². The molecule has 0 radical (unpaired) electrons. The van der Waals surface area contributed by atoms with Crippen molar-refractivity contribution in [2.45, 2.75) is 144 Å². The Labute approximate surface area is 319 Å². The third kappa shape index (κ3) is 10.3. The summed E-state index contributed by atoms with van der Waals surface area (Å²) in [5.41, 5.74) is 13.2. The number of allylic oxidation sites excluding steroid dienone is 1. The number of halogens is 1. The van der Waals surface area contributed by atoms with Crippen molar-refractivity contribution in [2.24, 2.45) is 50.9 Å². The predicted molar refractivity (Wildman–Crippen MR) is 215 cm³/mol. The molecule has 0 saturated heterocycles. The van der Waals surface area contributed by atoms with Gasteiger partial charge in [0.05, 0.1) is 6.10 Å². The molecule has 2 aromatic rings. The van der Waals surface area contributed by atoms with Crippen molar-refractivity contribution in [3.8, 4) is 0 Å². The second kappa shape index (κ2) is 19.3. The van der Waals surface area contributed by atoms with Crippen molar-refractivity contribution in [1.82, 2.24) is 0 Å². The van der Waals surface area contributed by atoms with Crippen molar-refractivity contribution in [2.75, 3.05) is 0 Å². The van der Waals surface area contributed by atoms with Crippen LogP contribution in [-0.4, -0.2) is 29.8 Å². The van der Waals surface area contributed by atoms with Gasteiger partial charge in [-0.25, -0.2) is 4.39 Å². The standard InChI is InChI=1S/C41H57FO2.C3H6.2CH3NO/c1-28(43)31-14-11-29(12-15-31)25-32-26-30(13-16-34(32)42)27-41-20-7-6-10-36-39(4,22-17-33(41)9-8-21-41)23-18-35-38(2,3)37(44)19-24-40(35,36)5;1-3-2;2*2-1-3/h11-16,26,33,35-37,44H,6-10,17-25,27H2,1-5H3;3H,1H2,2H3;2*1H,(H2,2,3). The number of carbonyl (C=O) groups excluding carboxylic acids is 3. The molecule has 7 atom stereocenters. The SMILES string of the molecule is C=CC.CC(=O)c1ccc(Cc2cc(CC34CCCCC5C(C)(CCC3CCC4)CCC3C(C)(C)C(O)CCC53C)ccc2F)cc1.NC=O.NC=O. The lowest BCUT2D eigenvalue weighted by molar-refractivity contribution is -0.175. The van der Waals surface area contributed by atoms with E-state index in [9.17, 15) is 9.90 Å². The topological polar surface area (TPSA) is 123 Å². The van der Waals surface area contributed by atoms with Gasteiger partial charge in [-0.3, -0.25) is 14.4 Å². The van der Waals surface area contributed by atoms with Gasteiger partial charge in [-0.05, 0) is 147 Å². The molecule has 7 heteroatoms. The lowest BCUT2D eigenvalue weighted by Gasteiger charge is -2.64. The van der Waals surface area contributed by atoms with E-state index in [0.29, 0.717) is 34.1 Å². The highest BCUT2D eigenvalue weighted by atomic mass is 19.1. The number of nitrogens with two attached hydrogens (primary N) is 2. The Hall–Kier alpha value is -3.32. The smallest absolute Gasteiger partial charge is 0.204 e. The molecule has 53 heavy (non-hydrogen) atoms. The molecule has 4 aliphatic carbocycles. The Morgan fingerprint density at radius 3 is 2.04 bits per heavy atom. The lowest BCUT2D eigenvalue weighted by atomic mass is 9.41. The van der Waals surface area contributed by atoms with Crippen molar-refractivity contribution < 1.29 is 23.9 Å². The van der Waals surface area contributed by atoms with Crippen LogP contribution in [0.4, 0.5) is 4.39 Å². The lowest BCUT2D eigenvalue weighted by Crippen LogP contribution is -2.58. The second-order valence-electron chi connectivity index (χ2n) is 17.6. The van der Waals surface area contributed by atoms with Crippen LogP contribution in [0.5, 0.6) is 0 Å². The number of fused-ring (bicyclic) bond motifs is 4. The van der Waals surface area contributed by atoms with E-state index in [1.807, 2.05) is 31.2 Å². The zero-order chi connectivity index (χ0) is 39.5. The van der Waals surface area contributed by atoms with Gasteiger partial charge < -0.3 is 16.6 Å². The fourth-order valence-electron chi connectivity index (χ4n) is 11.6. The number of hydrogen-bond acceptors (Lipinski definition) is 4. The van der Waals surface area contributed by atoms with Gasteiger partial charge in [0, 0.05) is 12.0 Å². The average Bonchev–Trinajstić information content (AvgIpc) is 3.50. The molecule has 2 aromatic carbocycles. The van der Waals surface area contributed by atoms with Crippen LogP contribution in [-0.2, 0) is 22.4 Å². The van der Waals surface area contributed by atoms with E-state index in [2.05, 4.69) is 57.9 Å². The van der Waals surface area contributed by atoms with Gasteiger partial charge in [-0.1, -0.05) is 89.4 Å². The van der Waals surface area contributed by atoms with Gasteiger partial charge >= 0.3 is 0 Å². The zero-order valence-electron chi connectivity index (χ0n) is 33.6. The van der Waals surface area contributed by atoms with Crippen LogP contribution in [0.15, 0.2) is 55.1 Å². The first-order chi connectivity index (χ1) is 25.1. The van der Waals surface area contributed by atoms with Crippen LogP contribution in [0.3, 0.4) is 0 Å². The maximum absolute atomic E-state index is 15.1. The zero-order valence-corrected chi connectivity index (χ0v) is 33.6. The summed E-state index contributed by atoms with van der Waals surface area (Å²) in [5, 5.41) is 11.0. The number of primary amides is 2. The maximum atomic E-state index is 15.1. The molecule has 0 heterocycles. The Morgan fingerprint density at radius 2 is 1.42 bits per heavy atom. The van der Waals surface area contributed by atoms with E-state index in [1.165, 1.54) is 82.6 Å². The van der Waals surface area contributed by atoms with Crippen LogP contribution in [0.2, 0.25) is 0 Å². The molecular formula is C46H69FN2O4. The molecule has 0 aliphatic heterocycles. The minimum absolute atomic E-state index is 0.0102. The highest BCUT2D eigenvalue weighted by Crippen LogP contribution is 2.67. The summed E-state index contributed by atoms with van der Waals surface area (Å²) in [6.07, 6.45) is 20.3. The molecule has 7 unspecified atom stereocenters. The highest BCUT2D eigenvalue weighted by molar-refractivity contribution is 5.94. The van der Waals surface area contributed by atoms with Gasteiger partial charge in [0.2, 0.25) is 12.8 Å². The quantitative estimate of drug-likeness (QED) is 0.161. The number of carbonyl (C=O) groups is 3. The Balaban J connectivity index is 0.000000765. The third-order valence-electron chi connectivity index (χ3n) is 14.1. The first-order valence-electron chi connectivity index (χ1n) is 20.0. The summed E-state index contributed by atoms with van der Waals surface area (Å²) >= 11 is 0.